The highest BCUT2D eigenvalue weighted by atomic mass is 32.2. The number of phenols is 1. The number of methoxy groups -OCH3 is 1. The van der Waals surface area contributed by atoms with E-state index in [0.717, 1.165) is 5.56 Å². The van der Waals surface area contributed by atoms with E-state index in [1.165, 1.54) is 37.4 Å². The summed E-state index contributed by atoms with van der Waals surface area (Å²) in [4.78, 5) is 25.4. The van der Waals surface area contributed by atoms with Gasteiger partial charge in [-0.2, -0.15) is 0 Å². The van der Waals surface area contributed by atoms with Crippen molar-refractivity contribution >= 4 is 50.0 Å². The Morgan fingerprint density at radius 3 is 2.40 bits per heavy atom. The van der Waals surface area contributed by atoms with Crippen LogP contribution in [0.3, 0.4) is 0 Å². The van der Waals surface area contributed by atoms with E-state index in [-0.39, 0.29) is 34.6 Å². The van der Waals surface area contributed by atoms with Crippen LogP contribution in [0, 0.1) is 0 Å². The molecule has 0 atom stereocenters. The number of hydrogen-bond acceptors (Lipinski definition) is 9. The lowest BCUT2D eigenvalue weighted by molar-refractivity contribution is -0.115. The normalized spacial score (nSPS) is 11.1. The quantitative estimate of drug-likeness (QED) is 0.206. The Labute approximate surface area is 230 Å². The summed E-state index contributed by atoms with van der Waals surface area (Å²) < 4.78 is 34.6. The summed E-state index contributed by atoms with van der Waals surface area (Å²) >= 11 is 0. The summed E-state index contributed by atoms with van der Waals surface area (Å²) in [6, 6.07) is 20.9. The van der Waals surface area contributed by atoms with Gasteiger partial charge < -0.3 is 20.5 Å². The second-order valence-corrected chi connectivity index (χ2v) is 10.4. The third-order valence-corrected chi connectivity index (χ3v) is 7.04. The molecular weight excluding hydrogens is 532 g/mol. The van der Waals surface area contributed by atoms with Gasteiger partial charge in [-0.15, -0.1) is 0 Å². The minimum absolute atomic E-state index is 0.0554. The Balaban J connectivity index is 1.43. The Kier molecular flexibility index (Phi) is 7.42. The molecule has 0 aliphatic carbocycles. The van der Waals surface area contributed by atoms with E-state index in [4.69, 9.17) is 4.74 Å². The van der Waals surface area contributed by atoms with Crippen LogP contribution in [0.25, 0.3) is 11.0 Å². The Bertz CT molecular complexity index is 1800. The molecule has 202 valence electrons. The van der Waals surface area contributed by atoms with Crippen molar-refractivity contribution in [2.45, 2.75) is 11.3 Å². The first-order chi connectivity index (χ1) is 19.3. The number of ether oxygens (including phenoxy) is 1. The number of phenolic OH excluding ortho intramolecular Hbond substituents is 1. The molecule has 12 heteroatoms. The molecule has 4 N–H and O–H groups in total. The van der Waals surface area contributed by atoms with Crippen LogP contribution < -0.4 is 20.1 Å². The zero-order chi connectivity index (χ0) is 28.1. The molecule has 1 amide bonds. The second-order valence-electron chi connectivity index (χ2n) is 8.67. The molecule has 0 bridgehead atoms. The monoisotopic (exact) mass is 556 g/mol. The van der Waals surface area contributed by atoms with Crippen molar-refractivity contribution in [2.75, 3.05) is 22.5 Å². The summed E-state index contributed by atoms with van der Waals surface area (Å²) in [7, 11) is -2.70. The topological polar surface area (TPSA) is 155 Å². The van der Waals surface area contributed by atoms with Gasteiger partial charge in [-0.3, -0.25) is 14.5 Å². The fourth-order valence-corrected chi connectivity index (χ4v) is 4.94. The molecule has 0 fully saturated rings. The number of aromatic hydroxyl groups is 1. The third-order valence-electron chi connectivity index (χ3n) is 5.71. The number of nitrogens with zero attached hydrogens (tertiary/aromatic N) is 3. The molecule has 0 saturated heterocycles. The van der Waals surface area contributed by atoms with E-state index in [1.807, 2.05) is 0 Å². The first kappa shape index (κ1) is 26.4. The zero-order valence-corrected chi connectivity index (χ0v) is 22.0. The molecule has 0 aliphatic rings. The Hall–Kier alpha value is -5.23. The van der Waals surface area contributed by atoms with Crippen molar-refractivity contribution < 1.29 is 23.1 Å². The number of anilines is 4. The third kappa shape index (κ3) is 6.25. The minimum Gasteiger partial charge on any atom is -0.508 e. The molecule has 5 aromatic rings. The predicted octanol–water partition coefficient (Wildman–Crippen LogP) is 4.46. The SMILES string of the molecule is COc1cc(O)cc(Nc2nc3ccccc3nc2NS(=O)(=O)c2cccc(NC(=O)Cc3cccnc3)c2)c1. The summed E-state index contributed by atoms with van der Waals surface area (Å²) in [6.45, 7) is 0. The number of benzene rings is 3. The Morgan fingerprint density at radius 1 is 0.900 bits per heavy atom. The van der Waals surface area contributed by atoms with E-state index in [1.54, 1.807) is 60.9 Å². The van der Waals surface area contributed by atoms with Gasteiger partial charge in [-0.05, 0) is 42.0 Å². The maximum Gasteiger partial charge on any atom is 0.263 e. The van der Waals surface area contributed by atoms with Gasteiger partial charge in [0.25, 0.3) is 10.0 Å². The molecule has 11 nitrogen and oxygen atoms in total. The highest BCUT2D eigenvalue weighted by Crippen LogP contribution is 2.31. The van der Waals surface area contributed by atoms with Gasteiger partial charge in [0.2, 0.25) is 5.91 Å². The minimum atomic E-state index is -4.16. The van der Waals surface area contributed by atoms with Crippen LogP contribution in [0.5, 0.6) is 11.5 Å². The fourth-order valence-electron chi connectivity index (χ4n) is 3.89. The highest BCUT2D eigenvalue weighted by Gasteiger charge is 2.20. The predicted molar refractivity (Wildman–Crippen MR) is 151 cm³/mol. The molecule has 40 heavy (non-hydrogen) atoms. The summed E-state index contributed by atoms with van der Waals surface area (Å²) in [6.07, 6.45) is 3.29. The first-order valence-corrected chi connectivity index (χ1v) is 13.5. The molecule has 0 aliphatic heterocycles. The van der Waals surface area contributed by atoms with Gasteiger partial charge in [0.05, 0.1) is 29.5 Å². The van der Waals surface area contributed by atoms with Gasteiger partial charge in [0.1, 0.15) is 11.5 Å². The average molecular weight is 557 g/mol. The molecule has 0 unspecified atom stereocenters. The van der Waals surface area contributed by atoms with Crippen LogP contribution in [-0.2, 0) is 21.2 Å². The molecule has 5 rings (SSSR count). The molecule has 0 radical (unpaired) electrons. The van der Waals surface area contributed by atoms with Gasteiger partial charge >= 0.3 is 0 Å². The van der Waals surface area contributed by atoms with Crippen LogP contribution in [0.1, 0.15) is 5.56 Å². The molecule has 2 heterocycles. The number of sulfonamides is 1. The van der Waals surface area contributed by atoms with E-state index >= 15 is 0 Å². The lowest BCUT2D eigenvalue weighted by Gasteiger charge is -2.15. The van der Waals surface area contributed by atoms with Crippen LogP contribution in [0.15, 0.2) is 96.2 Å². The number of fused-ring (bicyclic) bond motifs is 1. The van der Waals surface area contributed by atoms with Crippen LogP contribution in [-0.4, -0.2) is 41.5 Å². The van der Waals surface area contributed by atoms with Crippen molar-refractivity contribution in [1.29, 1.82) is 0 Å². The number of nitrogens with one attached hydrogen (secondary N) is 3. The van der Waals surface area contributed by atoms with Crippen molar-refractivity contribution in [3.05, 3.63) is 96.8 Å². The van der Waals surface area contributed by atoms with E-state index in [9.17, 15) is 18.3 Å². The van der Waals surface area contributed by atoms with Crippen molar-refractivity contribution in [3.8, 4) is 11.5 Å². The van der Waals surface area contributed by atoms with Crippen LogP contribution in [0.4, 0.5) is 23.0 Å². The molecule has 0 saturated carbocycles. The van der Waals surface area contributed by atoms with E-state index in [2.05, 4.69) is 30.3 Å². The first-order valence-electron chi connectivity index (χ1n) is 12.0. The maximum atomic E-state index is 13.4. The van der Waals surface area contributed by atoms with Crippen LogP contribution in [0.2, 0.25) is 0 Å². The summed E-state index contributed by atoms with van der Waals surface area (Å²) in [5.74, 6) is 0.0627. The lowest BCUT2D eigenvalue weighted by atomic mass is 10.2. The largest absolute Gasteiger partial charge is 0.508 e. The summed E-state index contributed by atoms with van der Waals surface area (Å²) in [5.41, 5.74) is 2.44. The van der Waals surface area contributed by atoms with Crippen molar-refractivity contribution in [3.63, 3.8) is 0 Å². The molecule has 2 aromatic heterocycles. The molecule has 0 spiro atoms. The smallest absolute Gasteiger partial charge is 0.263 e. The van der Waals surface area contributed by atoms with Gasteiger partial charge in [0.15, 0.2) is 11.6 Å². The second kappa shape index (κ2) is 11.3. The van der Waals surface area contributed by atoms with Gasteiger partial charge in [-0.25, -0.2) is 18.4 Å². The number of amides is 1. The maximum absolute atomic E-state index is 13.4. The summed E-state index contributed by atoms with van der Waals surface area (Å²) in [5, 5.41) is 15.8. The number of hydrogen-bond donors (Lipinski definition) is 4. The highest BCUT2D eigenvalue weighted by molar-refractivity contribution is 7.92. The average Bonchev–Trinajstić information content (AvgIpc) is 2.93. The van der Waals surface area contributed by atoms with E-state index < -0.39 is 10.0 Å². The lowest BCUT2D eigenvalue weighted by Crippen LogP contribution is -2.17. The number of carbonyl (C=O) groups is 1. The Morgan fingerprint density at radius 2 is 1.68 bits per heavy atom. The number of pyridine rings is 1. The van der Waals surface area contributed by atoms with E-state index in [0.29, 0.717) is 28.2 Å². The number of para-hydroxylation sites is 2. The van der Waals surface area contributed by atoms with Crippen molar-refractivity contribution in [1.82, 2.24) is 15.0 Å². The van der Waals surface area contributed by atoms with Crippen molar-refractivity contribution in [2.24, 2.45) is 0 Å². The number of aromatic nitrogens is 3. The standard InChI is InChI=1S/C28H24N6O5S/c1-39-22-14-20(13-21(35)16-22)31-27-28(33-25-10-3-2-9-24(25)32-27)34-40(37,38)23-8-4-7-19(15-23)30-26(36)12-18-6-5-11-29-17-18/h2-11,13-17,35H,12H2,1H3,(H,30,36)(H,31,32)(H,33,34). The zero-order valence-electron chi connectivity index (χ0n) is 21.2. The molecule has 3 aromatic carbocycles. The number of carbonyl (C=O) groups excluding carboxylic acids is 1. The molecular formula is C28H24N6O5S. The fraction of sp³-hybridized carbons (Fsp3) is 0.0714. The van der Waals surface area contributed by atoms with Crippen LogP contribution >= 0.6 is 0 Å². The van der Waals surface area contributed by atoms with Gasteiger partial charge in [-0.1, -0.05) is 24.3 Å². The number of rotatable bonds is 9. The van der Waals surface area contributed by atoms with Gasteiger partial charge in [0, 0.05) is 42.0 Å².